The van der Waals surface area contributed by atoms with Crippen LogP contribution in [0.4, 0.5) is 4.39 Å². The average Bonchev–Trinajstić information content (AvgIpc) is 3.12. The smallest absolute Gasteiger partial charge is 0.287 e. The number of rotatable bonds is 3. The summed E-state index contributed by atoms with van der Waals surface area (Å²) < 4.78 is 17.9. The zero-order chi connectivity index (χ0) is 20.0. The molecule has 3 aromatic carbocycles. The normalized spacial score (nSPS) is 11.3. The summed E-state index contributed by atoms with van der Waals surface area (Å²) in [6.45, 7) is 0.168. The van der Waals surface area contributed by atoms with Gasteiger partial charge in [-0.25, -0.2) is 13.8 Å². The maximum absolute atomic E-state index is 13.7. The first-order valence-electron chi connectivity index (χ1n) is 9.10. The molecule has 0 radical (unpaired) electrons. The van der Waals surface area contributed by atoms with Crippen molar-refractivity contribution >= 4 is 31.6 Å². The molecule has 2 heterocycles. The number of fused-ring (bicyclic) bond motifs is 3. The summed E-state index contributed by atoms with van der Waals surface area (Å²) in [4.78, 5) is 26.8. The highest BCUT2D eigenvalue weighted by Gasteiger charge is 2.19. The second-order valence-corrected chi connectivity index (χ2v) is 7.80. The number of halogens is 1. The van der Waals surface area contributed by atoms with Crippen molar-refractivity contribution in [2.24, 2.45) is 0 Å². The first kappa shape index (κ1) is 17.6. The first-order chi connectivity index (χ1) is 14.1. The van der Waals surface area contributed by atoms with E-state index in [-0.39, 0.29) is 17.9 Å². The van der Waals surface area contributed by atoms with Gasteiger partial charge in [0.2, 0.25) is 0 Å². The quantitative estimate of drug-likeness (QED) is 0.444. The van der Waals surface area contributed by atoms with Crippen LogP contribution in [0.5, 0.6) is 0 Å². The van der Waals surface area contributed by atoms with Crippen molar-refractivity contribution in [2.45, 2.75) is 6.54 Å². The lowest BCUT2D eigenvalue weighted by Gasteiger charge is -2.13. The summed E-state index contributed by atoms with van der Waals surface area (Å²) in [6.07, 6.45) is 0. The van der Waals surface area contributed by atoms with E-state index < -0.39 is 5.69 Å². The monoisotopic (exact) mass is 402 g/mol. The lowest BCUT2D eigenvalue weighted by atomic mass is 10.2. The highest BCUT2D eigenvalue weighted by atomic mass is 32.1. The van der Waals surface area contributed by atoms with Gasteiger partial charge in [0.05, 0.1) is 17.7 Å². The molecule has 0 amide bonds. The van der Waals surface area contributed by atoms with Crippen LogP contribution in [0, 0.1) is 5.82 Å². The molecule has 29 heavy (non-hydrogen) atoms. The Morgan fingerprint density at radius 2 is 1.62 bits per heavy atom. The van der Waals surface area contributed by atoms with Crippen LogP contribution in [0.1, 0.15) is 5.56 Å². The van der Waals surface area contributed by atoms with E-state index >= 15 is 0 Å². The third-order valence-electron chi connectivity index (χ3n) is 4.90. The van der Waals surface area contributed by atoms with E-state index in [2.05, 4.69) is 0 Å². The van der Waals surface area contributed by atoms with Gasteiger partial charge in [-0.2, -0.15) is 0 Å². The number of hydrogen-bond donors (Lipinski definition) is 0. The van der Waals surface area contributed by atoms with Gasteiger partial charge in [-0.05, 0) is 35.9 Å². The van der Waals surface area contributed by atoms with Crippen LogP contribution in [0.2, 0.25) is 0 Å². The number of benzene rings is 3. The second-order valence-electron chi connectivity index (χ2n) is 6.75. The van der Waals surface area contributed by atoms with E-state index in [1.54, 1.807) is 41.0 Å². The molecule has 2 aromatic heterocycles. The Labute approximate surface area is 168 Å². The van der Waals surface area contributed by atoms with Crippen molar-refractivity contribution in [3.05, 3.63) is 111 Å². The van der Waals surface area contributed by atoms with Gasteiger partial charge in [-0.15, -0.1) is 11.3 Å². The van der Waals surface area contributed by atoms with Crippen molar-refractivity contribution in [2.75, 3.05) is 0 Å². The number of hydrogen-bond acceptors (Lipinski definition) is 3. The Balaban J connectivity index is 1.90. The van der Waals surface area contributed by atoms with Gasteiger partial charge in [-0.1, -0.05) is 48.5 Å². The van der Waals surface area contributed by atoms with E-state index in [1.807, 2.05) is 30.3 Å². The van der Waals surface area contributed by atoms with Crippen LogP contribution in [0.25, 0.3) is 26.0 Å². The molecule has 0 aliphatic carbocycles. The van der Waals surface area contributed by atoms with E-state index in [0.717, 1.165) is 10.1 Å². The minimum absolute atomic E-state index is 0.168. The number of nitrogens with zero attached hydrogens (tertiary/aromatic N) is 2. The van der Waals surface area contributed by atoms with Gasteiger partial charge < -0.3 is 0 Å². The molecular weight excluding hydrogens is 387 g/mol. The molecule has 0 atom stereocenters. The number of para-hydroxylation sites is 1. The van der Waals surface area contributed by atoms with E-state index in [4.69, 9.17) is 0 Å². The van der Waals surface area contributed by atoms with Gasteiger partial charge in [0.25, 0.3) is 5.56 Å². The molecule has 0 fully saturated rings. The second kappa shape index (κ2) is 6.83. The molecular formula is C23H15FN2O2S. The highest BCUT2D eigenvalue weighted by molar-refractivity contribution is 7.25. The Bertz CT molecular complexity index is 1480. The van der Waals surface area contributed by atoms with Crippen LogP contribution in [0.3, 0.4) is 0 Å². The fourth-order valence-electron chi connectivity index (χ4n) is 3.62. The molecule has 0 saturated heterocycles. The highest BCUT2D eigenvalue weighted by Crippen LogP contribution is 2.31. The first-order valence-corrected chi connectivity index (χ1v) is 9.92. The summed E-state index contributed by atoms with van der Waals surface area (Å²) in [5, 5.41) is 0.846. The molecule has 6 heteroatoms. The molecule has 4 nitrogen and oxygen atoms in total. The summed E-state index contributed by atoms with van der Waals surface area (Å²) in [7, 11) is 0. The molecule has 5 aromatic rings. The third kappa shape index (κ3) is 2.89. The minimum atomic E-state index is -0.443. The molecule has 0 spiro atoms. The fraction of sp³-hybridized carbons (Fsp3) is 0.0435. The van der Waals surface area contributed by atoms with Crippen LogP contribution in [-0.4, -0.2) is 9.13 Å². The van der Waals surface area contributed by atoms with Gasteiger partial charge >= 0.3 is 5.69 Å². The van der Waals surface area contributed by atoms with Crippen molar-refractivity contribution < 1.29 is 4.39 Å². The average molecular weight is 402 g/mol. The van der Waals surface area contributed by atoms with Crippen LogP contribution < -0.4 is 11.2 Å². The molecule has 5 rings (SSSR count). The van der Waals surface area contributed by atoms with Crippen molar-refractivity contribution in [3.63, 3.8) is 0 Å². The zero-order valence-corrected chi connectivity index (χ0v) is 16.0. The Kier molecular flexibility index (Phi) is 4.14. The molecule has 0 aliphatic heterocycles. The SMILES string of the molecule is O=c1c2sc3ccccc3c2n(Cc2cccc(F)c2)c(=O)n1-c1ccccc1. The van der Waals surface area contributed by atoms with E-state index in [0.29, 0.717) is 21.5 Å². The zero-order valence-electron chi connectivity index (χ0n) is 15.2. The summed E-state index contributed by atoms with van der Waals surface area (Å²) >= 11 is 1.37. The van der Waals surface area contributed by atoms with E-state index in [1.165, 1.54) is 28.0 Å². The van der Waals surface area contributed by atoms with Crippen LogP contribution in [0.15, 0.2) is 88.5 Å². The summed E-state index contributed by atoms with van der Waals surface area (Å²) in [5.74, 6) is -0.363. The Hall–Kier alpha value is -3.51. The fourth-order valence-corrected chi connectivity index (χ4v) is 4.76. The molecule has 0 saturated carbocycles. The van der Waals surface area contributed by atoms with Gasteiger partial charge in [0.1, 0.15) is 10.5 Å². The standard InChI is InChI=1S/C23H15FN2O2S/c24-16-8-6-7-15(13-16)14-25-20-18-11-4-5-12-19(18)29-21(20)22(27)26(23(25)28)17-9-2-1-3-10-17/h1-13H,14H2. The molecule has 0 aliphatic rings. The molecule has 0 unspecified atom stereocenters. The molecule has 0 N–H and O–H groups in total. The van der Waals surface area contributed by atoms with E-state index in [9.17, 15) is 14.0 Å². The van der Waals surface area contributed by atoms with Crippen molar-refractivity contribution in [1.82, 2.24) is 9.13 Å². The van der Waals surface area contributed by atoms with Gasteiger partial charge in [0, 0.05) is 10.1 Å². The van der Waals surface area contributed by atoms with Crippen molar-refractivity contribution in [3.8, 4) is 5.69 Å². The largest absolute Gasteiger partial charge is 0.336 e. The minimum Gasteiger partial charge on any atom is -0.287 e. The van der Waals surface area contributed by atoms with Gasteiger partial charge in [0.15, 0.2) is 0 Å². The topological polar surface area (TPSA) is 44.0 Å². The predicted molar refractivity (Wildman–Crippen MR) is 115 cm³/mol. The Morgan fingerprint density at radius 1 is 0.862 bits per heavy atom. The number of thiophene rings is 1. The lowest BCUT2D eigenvalue weighted by molar-refractivity contribution is 0.622. The predicted octanol–water partition coefficient (Wildman–Crippen LogP) is 4.55. The van der Waals surface area contributed by atoms with Crippen molar-refractivity contribution in [1.29, 1.82) is 0 Å². The lowest BCUT2D eigenvalue weighted by Crippen LogP contribution is -2.38. The van der Waals surface area contributed by atoms with Crippen LogP contribution >= 0.6 is 11.3 Å². The van der Waals surface area contributed by atoms with Crippen LogP contribution in [-0.2, 0) is 6.54 Å². The Morgan fingerprint density at radius 3 is 2.41 bits per heavy atom. The third-order valence-corrected chi connectivity index (χ3v) is 6.05. The molecule has 142 valence electrons. The maximum atomic E-state index is 13.7. The summed E-state index contributed by atoms with van der Waals surface area (Å²) in [6, 6.07) is 22.7. The number of aromatic nitrogens is 2. The molecule has 0 bridgehead atoms. The summed E-state index contributed by atoms with van der Waals surface area (Å²) in [5.41, 5.74) is 0.975. The van der Waals surface area contributed by atoms with Gasteiger partial charge in [-0.3, -0.25) is 9.36 Å². The maximum Gasteiger partial charge on any atom is 0.336 e.